The van der Waals surface area contributed by atoms with E-state index in [1.807, 2.05) is 12.1 Å². The molecule has 0 spiro atoms. The lowest BCUT2D eigenvalue weighted by Crippen LogP contribution is -2.20. The molecule has 0 saturated heterocycles. The van der Waals surface area contributed by atoms with Crippen molar-refractivity contribution < 1.29 is 15.0 Å². The van der Waals surface area contributed by atoms with Crippen LogP contribution in [-0.2, 0) is 22.0 Å². The lowest BCUT2D eigenvalue weighted by atomic mass is 9.78. The van der Waals surface area contributed by atoms with Gasteiger partial charge < -0.3 is 10.2 Å². The van der Waals surface area contributed by atoms with Gasteiger partial charge in [0.15, 0.2) is 0 Å². The van der Waals surface area contributed by atoms with Crippen LogP contribution in [0.3, 0.4) is 0 Å². The fourth-order valence-corrected chi connectivity index (χ4v) is 2.89. The number of hydrogen-bond donors (Lipinski definition) is 3. The minimum atomic E-state index is -0.243. The standard InChI is InChI=1S/C23H30N2O3/c1-22(2,3)18-11-16(12-19(21(18)28)23(4,5)6)14-24-25-20(27)13-15-7-9-17(26)10-8-15/h7-12,14,26,28H,13H2,1-6H3,(H,25,27)/b24-14-. The lowest BCUT2D eigenvalue weighted by molar-refractivity contribution is -0.120. The minimum Gasteiger partial charge on any atom is -0.508 e. The number of aromatic hydroxyl groups is 2. The molecular weight excluding hydrogens is 352 g/mol. The quantitative estimate of drug-likeness (QED) is 0.542. The predicted molar refractivity (Wildman–Crippen MR) is 113 cm³/mol. The number of phenols is 2. The number of carbonyl (C=O) groups is 1. The van der Waals surface area contributed by atoms with E-state index in [0.29, 0.717) is 5.75 Å². The molecule has 0 bridgehead atoms. The largest absolute Gasteiger partial charge is 0.508 e. The second-order valence-corrected chi connectivity index (χ2v) is 9.10. The molecule has 0 aromatic heterocycles. The summed E-state index contributed by atoms with van der Waals surface area (Å²) in [6.45, 7) is 12.3. The molecule has 5 nitrogen and oxygen atoms in total. The molecule has 2 aromatic rings. The third kappa shape index (κ3) is 5.59. The maximum Gasteiger partial charge on any atom is 0.244 e. The molecule has 0 atom stereocenters. The summed E-state index contributed by atoms with van der Waals surface area (Å²) in [4.78, 5) is 12.1. The molecule has 0 fully saturated rings. The number of carbonyl (C=O) groups excluding carboxylic acids is 1. The highest BCUT2D eigenvalue weighted by molar-refractivity contribution is 5.84. The number of nitrogens with one attached hydrogen (secondary N) is 1. The molecule has 5 heteroatoms. The second kappa shape index (κ2) is 8.05. The van der Waals surface area contributed by atoms with Crippen LogP contribution in [0.4, 0.5) is 0 Å². The monoisotopic (exact) mass is 382 g/mol. The van der Waals surface area contributed by atoms with Gasteiger partial charge in [-0.3, -0.25) is 4.79 Å². The average Bonchev–Trinajstić information content (AvgIpc) is 2.56. The van der Waals surface area contributed by atoms with Crippen molar-refractivity contribution in [2.75, 3.05) is 0 Å². The van der Waals surface area contributed by atoms with Crippen molar-refractivity contribution in [2.45, 2.75) is 58.8 Å². The van der Waals surface area contributed by atoms with Crippen LogP contribution in [0.1, 0.15) is 63.8 Å². The van der Waals surface area contributed by atoms with Crippen LogP contribution in [0, 0.1) is 0 Å². The Kier molecular flexibility index (Phi) is 6.17. The number of benzene rings is 2. The van der Waals surface area contributed by atoms with Crippen molar-refractivity contribution in [3.63, 3.8) is 0 Å². The molecule has 0 aliphatic carbocycles. The third-order valence-electron chi connectivity index (χ3n) is 4.45. The van der Waals surface area contributed by atoms with Gasteiger partial charge in [0.1, 0.15) is 11.5 Å². The molecular formula is C23H30N2O3. The number of hydrazone groups is 1. The first-order chi connectivity index (χ1) is 12.9. The van der Waals surface area contributed by atoms with Crippen molar-refractivity contribution in [3.05, 3.63) is 58.7 Å². The van der Waals surface area contributed by atoms with E-state index in [9.17, 15) is 15.0 Å². The van der Waals surface area contributed by atoms with Gasteiger partial charge in [-0.15, -0.1) is 0 Å². The molecule has 0 aliphatic rings. The molecule has 150 valence electrons. The van der Waals surface area contributed by atoms with E-state index < -0.39 is 0 Å². The summed E-state index contributed by atoms with van der Waals surface area (Å²) in [5.41, 5.74) is 5.38. The Balaban J connectivity index is 2.20. The molecule has 0 unspecified atom stereocenters. The van der Waals surface area contributed by atoms with Crippen LogP contribution in [0.15, 0.2) is 41.5 Å². The first-order valence-electron chi connectivity index (χ1n) is 9.35. The number of rotatable bonds is 4. The topological polar surface area (TPSA) is 81.9 Å². The summed E-state index contributed by atoms with van der Waals surface area (Å²) in [5, 5.41) is 24.1. The highest BCUT2D eigenvalue weighted by Crippen LogP contribution is 2.39. The molecule has 0 heterocycles. The molecule has 0 radical (unpaired) electrons. The van der Waals surface area contributed by atoms with E-state index in [2.05, 4.69) is 52.1 Å². The van der Waals surface area contributed by atoms with Crippen LogP contribution >= 0.6 is 0 Å². The summed E-state index contributed by atoms with van der Waals surface area (Å²) < 4.78 is 0. The summed E-state index contributed by atoms with van der Waals surface area (Å²) in [6, 6.07) is 10.3. The average molecular weight is 383 g/mol. The van der Waals surface area contributed by atoms with Gasteiger partial charge in [-0.25, -0.2) is 5.43 Å². The molecule has 2 rings (SSSR count). The SMILES string of the molecule is CC(C)(C)c1cc(/C=N\NC(=O)Cc2ccc(O)cc2)cc(C(C)(C)C)c1O. The smallest absolute Gasteiger partial charge is 0.244 e. The molecule has 0 aliphatic heterocycles. The van der Waals surface area contributed by atoms with Crippen molar-refractivity contribution in [1.82, 2.24) is 5.43 Å². The molecule has 28 heavy (non-hydrogen) atoms. The second-order valence-electron chi connectivity index (χ2n) is 9.10. The highest BCUT2D eigenvalue weighted by atomic mass is 16.3. The van der Waals surface area contributed by atoms with Gasteiger partial charge in [0.05, 0.1) is 12.6 Å². The normalized spacial score (nSPS) is 12.4. The predicted octanol–water partition coefficient (Wildman–Crippen LogP) is 4.39. The molecule has 0 saturated carbocycles. The van der Waals surface area contributed by atoms with Crippen molar-refractivity contribution in [3.8, 4) is 11.5 Å². The highest BCUT2D eigenvalue weighted by Gasteiger charge is 2.26. The van der Waals surface area contributed by atoms with Gasteiger partial charge in [-0.2, -0.15) is 5.10 Å². The fraction of sp³-hybridized carbons (Fsp3) is 0.391. The van der Waals surface area contributed by atoms with Crippen LogP contribution in [0.2, 0.25) is 0 Å². The van der Waals surface area contributed by atoms with E-state index in [1.54, 1.807) is 30.5 Å². The van der Waals surface area contributed by atoms with Crippen LogP contribution in [0.25, 0.3) is 0 Å². The Labute approximate surface area is 167 Å². The third-order valence-corrected chi connectivity index (χ3v) is 4.45. The first kappa shape index (κ1) is 21.5. The van der Waals surface area contributed by atoms with Gasteiger partial charge in [0.2, 0.25) is 5.91 Å². The van der Waals surface area contributed by atoms with Crippen LogP contribution < -0.4 is 5.43 Å². The van der Waals surface area contributed by atoms with Gasteiger partial charge in [0.25, 0.3) is 0 Å². The first-order valence-corrected chi connectivity index (χ1v) is 9.35. The van der Waals surface area contributed by atoms with Gasteiger partial charge in [0, 0.05) is 11.1 Å². The van der Waals surface area contributed by atoms with Crippen LogP contribution in [-0.4, -0.2) is 22.3 Å². The van der Waals surface area contributed by atoms with Crippen LogP contribution in [0.5, 0.6) is 11.5 Å². The van der Waals surface area contributed by atoms with Crippen molar-refractivity contribution in [1.29, 1.82) is 0 Å². The summed E-state index contributed by atoms with van der Waals surface area (Å²) in [6.07, 6.45) is 1.77. The van der Waals surface area contributed by atoms with Crippen molar-refractivity contribution in [2.24, 2.45) is 5.10 Å². The minimum absolute atomic E-state index is 0.166. The zero-order valence-corrected chi connectivity index (χ0v) is 17.5. The van der Waals surface area contributed by atoms with Gasteiger partial charge in [-0.05, 0) is 46.2 Å². The number of amides is 1. The van der Waals surface area contributed by atoms with E-state index in [1.165, 1.54) is 0 Å². The Hall–Kier alpha value is -2.82. The Morgan fingerprint density at radius 3 is 1.93 bits per heavy atom. The van der Waals surface area contributed by atoms with E-state index >= 15 is 0 Å². The molecule has 1 amide bonds. The molecule has 2 aromatic carbocycles. The summed E-state index contributed by atoms with van der Waals surface area (Å²) >= 11 is 0. The van der Waals surface area contributed by atoms with E-state index in [0.717, 1.165) is 22.3 Å². The number of hydrogen-bond acceptors (Lipinski definition) is 4. The number of phenolic OH excluding ortho intramolecular Hbond substituents is 2. The zero-order chi connectivity index (χ0) is 21.1. The maximum atomic E-state index is 12.1. The van der Waals surface area contributed by atoms with Gasteiger partial charge in [-0.1, -0.05) is 53.7 Å². The Morgan fingerprint density at radius 2 is 1.46 bits per heavy atom. The summed E-state index contributed by atoms with van der Waals surface area (Å²) in [7, 11) is 0. The van der Waals surface area contributed by atoms with Crippen molar-refractivity contribution >= 4 is 12.1 Å². The number of nitrogens with zero attached hydrogens (tertiary/aromatic N) is 1. The lowest BCUT2D eigenvalue weighted by Gasteiger charge is -2.27. The Bertz CT molecular complexity index is 835. The Morgan fingerprint density at radius 1 is 0.964 bits per heavy atom. The maximum absolute atomic E-state index is 12.1. The van der Waals surface area contributed by atoms with E-state index in [4.69, 9.17) is 0 Å². The zero-order valence-electron chi connectivity index (χ0n) is 17.5. The summed E-state index contributed by atoms with van der Waals surface area (Å²) in [5.74, 6) is 0.236. The van der Waals surface area contributed by atoms with E-state index in [-0.39, 0.29) is 28.9 Å². The van der Waals surface area contributed by atoms with Gasteiger partial charge >= 0.3 is 0 Å². The molecule has 3 N–H and O–H groups in total. The fourth-order valence-electron chi connectivity index (χ4n) is 2.89.